The molecular weight excluding hydrogens is 380 g/mol. The molecule has 30 heavy (non-hydrogen) atoms. The number of nitrogens with zero attached hydrogens (tertiary/aromatic N) is 5. The molecule has 0 bridgehead atoms. The Morgan fingerprint density at radius 1 is 1.10 bits per heavy atom. The van der Waals surface area contributed by atoms with E-state index < -0.39 is 0 Å². The van der Waals surface area contributed by atoms with Gasteiger partial charge < -0.3 is 10.1 Å². The Hall–Kier alpha value is -2.32. The third-order valence-corrected chi connectivity index (χ3v) is 6.63. The zero-order valence-electron chi connectivity index (χ0n) is 17.5. The van der Waals surface area contributed by atoms with Crippen LogP contribution >= 0.6 is 0 Å². The van der Waals surface area contributed by atoms with Gasteiger partial charge in [0.25, 0.3) is 5.56 Å². The van der Waals surface area contributed by atoms with Gasteiger partial charge in [-0.05, 0) is 38.6 Å². The van der Waals surface area contributed by atoms with E-state index in [1.165, 1.54) is 36.9 Å². The standard InChI is InChI=1S/C22H30N6O2/c29-21-12-16-14-30-11-7-19(16)26-28(21)10-9-27-8-2-1-4-17(27)13-23-22-18-5-3-6-20(18)24-15-25-22/h12,15,17H,1-11,13-14H2,(H,23,24,25). The number of rotatable bonds is 6. The molecule has 2 aromatic rings. The molecule has 4 heterocycles. The number of fused-ring (bicyclic) bond motifs is 2. The molecule has 2 aromatic heterocycles. The van der Waals surface area contributed by atoms with Gasteiger partial charge in [-0.25, -0.2) is 14.6 Å². The molecule has 2 aliphatic heterocycles. The second-order valence-corrected chi connectivity index (χ2v) is 8.55. The molecule has 8 nitrogen and oxygen atoms in total. The van der Waals surface area contributed by atoms with Crippen LogP contribution in [0.5, 0.6) is 0 Å². The molecule has 0 radical (unpaired) electrons. The molecule has 1 aliphatic carbocycles. The Balaban J connectivity index is 1.23. The van der Waals surface area contributed by atoms with Crippen LogP contribution in [0.4, 0.5) is 5.82 Å². The maximum Gasteiger partial charge on any atom is 0.267 e. The van der Waals surface area contributed by atoms with Gasteiger partial charge in [0.1, 0.15) is 12.1 Å². The summed E-state index contributed by atoms with van der Waals surface area (Å²) >= 11 is 0. The summed E-state index contributed by atoms with van der Waals surface area (Å²) < 4.78 is 7.08. The zero-order chi connectivity index (χ0) is 20.3. The molecule has 160 valence electrons. The van der Waals surface area contributed by atoms with E-state index >= 15 is 0 Å². The van der Waals surface area contributed by atoms with Gasteiger partial charge in [-0.3, -0.25) is 9.69 Å². The SMILES string of the molecule is O=c1cc2c(nn1CCN1CCCCC1CNc1ncnc3c1CCC3)CCOC2. The molecular formula is C22H30N6O2. The van der Waals surface area contributed by atoms with E-state index in [-0.39, 0.29) is 5.56 Å². The zero-order valence-corrected chi connectivity index (χ0v) is 17.5. The predicted octanol–water partition coefficient (Wildman–Crippen LogP) is 1.56. The number of hydrogen-bond acceptors (Lipinski definition) is 7. The van der Waals surface area contributed by atoms with Crippen molar-refractivity contribution >= 4 is 5.82 Å². The fourth-order valence-electron chi connectivity index (χ4n) is 4.95. The van der Waals surface area contributed by atoms with Crippen molar-refractivity contribution in [1.82, 2.24) is 24.6 Å². The van der Waals surface area contributed by atoms with Crippen LogP contribution in [0.15, 0.2) is 17.2 Å². The van der Waals surface area contributed by atoms with E-state index in [0.717, 1.165) is 56.0 Å². The molecule has 5 rings (SSSR count). The van der Waals surface area contributed by atoms with Gasteiger partial charge >= 0.3 is 0 Å². The minimum absolute atomic E-state index is 0.0255. The third kappa shape index (κ3) is 4.11. The van der Waals surface area contributed by atoms with Crippen molar-refractivity contribution in [3.8, 4) is 0 Å². The first-order valence-corrected chi connectivity index (χ1v) is 11.3. The van der Waals surface area contributed by atoms with E-state index in [1.807, 2.05) is 0 Å². The van der Waals surface area contributed by atoms with Gasteiger partial charge in [-0.1, -0.05) is 6.42 Å². The molecule has 1 atom stereocenters. The fourth-order valence-corrected chi connectivity index (χ4v) is 4.95. The average molecular weight is 411 g/mol. The highest BCUT2D eigenvalue weighted by molar-refractivity contribution is 5.48. The molecule has 0 aromatic carbocycles. The first-order valence-electron chi connectivity index (χ1n) is 11.3. The van der Waals surface area contributed by atoms with Crippen LogP contribution in [0, 0.1) is 0 Å². The average Bonchev–Trinajstić information content (AvgIpc) is 3.26. The first-order chi connectivity index (χ1) is 14.8. The van der Waals surface area contributed by atoms with Gasteiger partial charge in [0.2, 0.25) is 0 Å². The van der Waals surface area contributed by atoms with Crippen LogP contribution in [0.2, 0.25) is 0 Å². The number of nitrogens with one attached hydrogen (secondary N) is 1. The van der Waals surface area contributed by atoms with E-state index in [1.54, 1.807) is 17.1 Å². The van der Waals surface area contributed by atoms with Crippen molar-refractivity contribution in [2.75, 3.05) is 31.6 Å². The maximum absolute atomic E-state index is 12.5. The quantitative estimate of drug-likeness (QED) is 0.774. The third-order valence-electron chi connectivity index (χ3n) is 6.63. The van der Waals surface area contributed by atoms with Crippen LogP contribution in [0.25, 0.3) is 0 Å². The highest BCUT2D eigenvalue weighted by atomic mass is 16.5. The molecule has 8 heteroatoms. The highest BCUT2D eigenvalue weighted by Crippen LogP contribution is 2.26. The van der Waals surface area contributed by atoms with Crippen molar-refractivity contribution in [1.29, 1.82) is 0 Å². The molecule has 1 N–H and O–H groups in total. The number of piperidine rings is 1. The van der Waals surface area contributed by atoms with Gasteiger partial charge in [-0.15, -0.1) is 0 Å². The second kappa shape index (κ2) is 8.81. The highest BCUT2D eigenvalue weighted by Gasteiger charge is 2.24. The van der Waals surface area contributed by atoms with Gasteiger partial charge in [0.05, 0.1) is 25.5 Å². The topological polar surface area (TPSA) is 85.2 Å². The summed E-state index contributed by atoms with van der Waals surface area (Å²) in [6, 6.07) is 2.15. The summed E-state index contributed by atoms with van der Waals surface area (Å²) in [4.78, 5) is 23.9. The largest absolute Gasteiger partial charge is 0.376 e. The van der Waals surface area contributed by atoms with E-state index in [9.17, 15) is 4.79 Å². The summed E-state index contributed by atoms with van der Waals surface area (Å²) in [6.45, 7) is 4.62. The predicted molar refractivity (Wildman–Crippen MR) is 114 cm³/mol. The van der Waals surface area contributed by atoms with Crippen LogP contribution in [0.1, 0.15) is 48.2 Å². The van der Waals surface area contributed by atoms with Crippen molar-refractivity contribution in [2.24, 2.45) is 0 Å². The number of aromatic nitrogens is 4. The Labute approximate surface area is 176 Å². The van der Waals surface area contributed by atoms with Crippen molar-refractivity contribution in [2.45, 2.75) is 64.1 Å². The maximum atomic E-state index is 12.5. The lowest BCUT2D eigenvalue weighted by Crippen LogP contribution is -2.46. The van der Waals surface area contributed by atoms with Crippen molar-refractivity contribution in [3.05, 3.63) is 45.3 Å². The molecule has 0 amide bonds. The molecule has 3 aliphatic rings. The summed E-state index contributed by atoms with van der Waals surface area (Å²) in [5, 5.41) is 8.22. The lowest BCUT2D eigenvalue weighted by molar-refractivity contribution is 0.107. The van der Waals surface area contributed by atoms with Crippen LogP contribution in [0.3, 0.4) is 0 Å². The minimum Gasteiger partial charge on any atom is -0.376 e. The lowest BCUT2D eigenvalue weighted by Gasteiger charge is -2.36. The Bertz CT molecular complexity index is 959. The molecule has 1 fully saturated rings. The Kier molecular flexibility index (Phi) is 5.77. The Morgan fingerprint density at radius 2 is 2.07 bits per heavy atom. The number of likely N-dealkylation sites (tertiary alicyclic amines) is 1. The van der Waals surface area contributed by atoms with E-state index in [2.05, 4.69) is 25.3 Å². The number of ether oxygens (including phenoxy) is 1. The molecule has 0 saturated carbocycles. The Morgan fingerprint density at radius 3 is 3.03 bits per heavy atom. The summed E-state index contributed by atoms with van der Waals surface area (Å²) in [6.07, 6.45) is 9.42. The minimum atomic E-state index is -0.0255. The van der Waals surface area contributed by atoms with Gasteiger partial charge in [0.15, 0.2) is 0 Å². The lowest BCUT2D eigenvalue weighted by atomic mass is 10.0. The van der Waals surface area contributed by atoms with E-state index in [4.69, 9.17) is 4.74 Å². The second-order valence-electron chi connectivity index (χ2n) is 8.55. The fraction of sp³-hybridized carbons (Fsp3) is 0.636. The van der Waals surface area contributed by atoms with Crippen molar-refractivity contribution < 1.29 is 4.74 Å². The molecule has 1 saturated heterocycles. The first kappa shape index (κ1) is 19.6. The van der Waals surface area contributed by atoms with Crippen molar-refractivity contribution in [3.63, 3.8) is 0 Å². The smallest absolute Gasteiger partial charge is 0.267 e. The van der Waals surface area contributed by atoms with Gasteiger partial charge in [-0.2, -0.15) is 5.10 Å². The number of aryl methyl sites for hydroxylation is 1. The summed E-state index contributed by atoms with van der Waals surface area (Å²) in [5.41, 5.74) is 4.43. The van der Waals surface area contributed by atoms with Crippen LogP contribution in [-0.4, -0.2) is 56.9 Å². The summed E-state index contributed by atoms with van der Waals surface area (Å²) in [7, 11) is 0. The molecule has 1 unspecified atom stereocenters. The van der Waals surface area contributed by atoms with Gasteiger partial charge in [0, 0.05) is 48.4 Å². The normalized spacial score (nSPS) is 21.3. The number of hydrogen-bond donors (Lipinski definition) is 1. The van der Waals surface area contributed by atoms with Crippen LogP contribution in [-0.2, 0) is 37.2 Å². The van der Waals surface area contributed by atoms with Crippen LogP contribution < -0.4 is 10.9 Å². The monoisotopic (exact) mass is 410 g/mol. The number of anilines is 1. The molecule has 0 spiro atoms. The summed E-state index contributed by atoms with van der Waals surface area (Å²) in [5.74, 6) is 1.01. The van der Waals surface area contributed by atoms with E-state index in [0.29, 0.717) is 25.8 Å².